The van der Waals surface area contributed by atoms with E-state index in [2.05, 4.69) is 56.1 Å². The fourth-order valence-corrected chi connectivity index (χ4v) is 5.03. The second kappa shape index (κ2) is 9.51. The summed E-state index contributed by atoms with van der Waals surface area (Å²) in [7, 11) is 0. The van der Waals surface area contributed by atoms with Crippen molar-refractivity contribution in [1.82, 2.24) is 15.2 Å². The van der Waals surface area contributed by atoms with Crippen LogP contribution in [0.2, 0.25) is 0 Å². The van der Waals surface area contributed by atoms with Gasteiger partial charge in [-0.25, -0.2) is 4.98 Å². The molecule has 1 aromatic heterocycles. The summed E-state index contributed by atoms with van der Waals surface area (Å²) >= 11 is 1.71. The highest BCUT2D eigenvalue weighted by Crippen LogP contribution is 2.30. The van der Waals surface area contributed by atoms with Gasteiger partial charge in [0.25, 0.3) is 5.91 Å². The molecule has 0 aliphatic carbocycles. The Kier molecular flexibility index (Phi) is 6.70. The number of rotatable bonds is 5. The molecular formula is C26H32N4O2S. The fourth-order valence-electron chi connectivity index (χ4n) is 3.95. The molecule has 1 N–H and O–H groups in total. The Morgan fingerprint density at radius 1 is 1.03 bits per heavy atom. The van der Waals surface area contributed by atoms with E-state index in [-0.39, 0.29) is 23.8 Å². The molecule has 0 spiro atoms. The molecule has 0 unspecified atom stereocenters. The molecule has 3 aromatic rings. The quantitative estimate of drug-likeness (QED) is 0.614. The van der Waals surface area contributed by atoms with Gasteiger partial charge < -0.3 is 15.1 Å². The molecule has 7 heteroatoms. The topological polar surface area (TPSA) is 65.5 Å². The van der Waals surface area contributed by atoms with Crippen LogP contribution in [0.25, 0.3) is 10.2 Å². The third kappa shape index (κ3) is 5.36. The molecule has 0 atom stereocenters. The van der Waals surface area contributed by atoms with Crippen LogP contribution in [-0.2, 0) is 16.6 Å². The molecule has 1 aliphatic heterocycles. The second-order valence-electron chi connectivity index (χ2n) is 9.53. The summed E-state index contributed by atoms with van der Waals surface area (Å²) in [5.74, 6) is -0.269. The van der Waals surface area contributed by atoms with E-state index in [0.29, 0.717) is 18.7 Å². The van der Waals surface area contributed by atoms with E-state index < -0.39 is 0 Å². The van der Waals surface area contributed by atoms with Crippen LogP contribution in [0.5, 0.6) is 0 Å². The predicted molar refractivity (Wildman–Crippen MR) is 135 cm³/mol. The Bertz CT molecular complexity index is 1140. The first-order valence-corrected chi connectivity index (χ1v) is 12.4. The molecule has 6 nitrogen and oxygen atoms in total. The fraction of sp³-hybridized carbons (Fsp3) is 0.423. The van der Waals surface area contributed by atoms with Crippen molar-refractivity contribution in [3.05, 3.63) is 59.2 Å². The first-order valence-electron chi connectivity index (χ1n) is 11.6. The Morgan fingerprint density at radius 3 is 2.36 bits per heavy atom. The number of piperazine rings is 1. The maximum Gasteiger partial charge on any atom is 0.251 e. The average molecular weight is 465 g/mol. The number of aryl methyl sites for hydroxylation is 1. The van der Waals surface area contributed by atoms with Crippen LogP contribution in [-0.4, -0.2) is 54.4 Å². The first kappa shape index (κ1) is 23.2. The van der Waals surface area contributed by atoms with E-state index in [1.807, 2.05) is 29.2 Å². The molecule has 2 aromatic carbocycles. The number of amides is 2. The molecule has 2 heterocycles. The lowest BCUT2D eigenvalue weighted by Gasteiger charge is -2.34. The minimum Gasteiger partial charge on any atom is -0.345 e. The molecule has 0 saturated carbocycles. The summed E-state index contributed by atoms with van der Waals surface area (Å²) < 4.78 is 1.21. The largest absolute Gasteiger partial charge is 0.345 e. The number of benzene rings is 2. The zero-order valence-electron chi connectivity index (χ0n) is 19.9. The average Bonchev–Trinajstić information content (AvgIpc) is 3.25. The highest BCUT2D eigenvalue weighted by Gasteiger charge is 2.23. The monoisotopic (exact) mass is 464 g/mol. The van der Waals surface area contributed by atoms with E-state index in [1.54, 1.807) is 11.3 Å². The number of fused-ring (bicyclic) bond motifs is 1. The van der Waals surface area contributed by atoms with Gasteiger partial charge in [-0.3, -0.25) is 9.59 Å². The Morgan fingerprint density at radius 2 is 1.73 bits per heavy atom. The SMILES string of the molecule is CCc1ccc2nc(N3CCN(C(=O)CNC(=O)c4ccc(C(C)(C)C)cc4)CC3)sc2c1. The summed E-state index contributed by atoms with van der Waals surface area (Å²) in [5.41, 5.74) is 4.13. The van der Waals surface area contributed by atoms with Gasteiger partial charge in [0.2, 0.25) is 5.91 Å². The molecule has 1 saturated heterocycles. The molecule has 2 amide bonds. The number of aromatic nitrogens is 1. The number of nitrogens with one attached hydrogen (secondary N) is 1. The Hall–Kier alpha value is -2.93. The zero-order chi connectivity index (χ0) is 23.6. The van der Waals surface area contributed by atoms with Gasteiger partial charge >= 0.3 is 0 Å². The lowest BCUT2D eigenvalue weighted by Crippen LogP contribution is -2.51. The third-order valence-corrected chi connectivity index (χ3v) is 7.24. The zero-order valence-corrected chi connectivity index (χ0v) is 20.7. The van der Waals surface area contributed by atoms with E-state index in [4.69, 9.17) is 4.98 Å². The molecule has 33 heavy (non-hydrogen) atoms. The van der Waals surface area contributed by atoms with Crippen molar-refractivity contribution < 1.29 is 9.59 Å². The van der Waals surface area contributed by atoms with Crippen LogP contribution >= 0.6 is 11.3 Å². The second-order valence-corrected chi connectivity index (χ2v) is 10.5. The Labute approximate surface area is 199 Å². The van der Waals surface area contributed by atoms with Crippen molar-refractivity contribution in [3.63, 3.8) is 0 Å². The first-order chi connectivity index (χ1) is 15.7. The number of anilines is 1. The van der Waals surface area contributed by atoms with Crippen LogP contribution in [0.1, 0.15) is 49.2 Å². The minimum atomic E-state index is -0.219. The summed E-state index contributed by atoms with van der Waals surface area (Å²) in [6.45, 7) is 11.3. The predicted octanol–water partition coefficient (Wildman–Crippen LogP) is 4.23. The summed E-state index contributed by atoms with van der Waals surface area (Å²) in [4.78, 5) is 34.0. The van der Waals surface area contributed by atoms with E-state index >= 15 is 0 Å². The number of carbonyl (C=O) groups excluding carboxylic acids is 2. The molecular weight excluding hydrogens is 432 g/mol. The third-order valence-electron chi connectivity index (χ3n) is 6.17. The number of hydrogen-bond acceptors (Lipinski definition) is 5. The van der Waals surface area contributed by atoms with Crippen LogP contribution in [0.4, 0.5) is 5.13 Å². The molecule has 4 rings (SSSR count). The van der Waals surface area contributed by atoms with Crippen molar-refractivity contribution in [1.29, 1.82) is 0 Å². The molecule has 174 valence electrons. The summed E-state index contributed by atoms with van der Waals surface area (Å²) in [6.07, 6.45) is 1.02. The summed E-state index contributed by atoms with van der Waals surface area (Å²) in [5, 5.41) is 3.78. The van der Waals surface area contributed by atoms with Gasteiger partial charge in [-0.2, -0.15) is 0 Å². The van der Waals surface area contributed by atoms with Gasteiger partial charge in [0, 0.05) is 31.7 Å². The van der Waals surface area contributed by atoms with Crippen molar-refractivity contribution >= 4 is 38.5 Å². The van der Waals surface area contributed by atoms with Crippen molar-refractivity contribution in [2.45, 2.75) is 39.5 Å². The van der Waals surface area contributed by atoms with Gasteiger partial charge in [-0.15, -0.1) is 0 Å². The highest BCUT2D eigenvalue weighted by atomic mass is 32.1. The van der Waals surface area contributed by atoms with E-state index in [1.165, 1.54) is 15.8 Å². The smallest absolute Gasteiger partial charge is 0.251 e. The number of thiazole rings is 1. The van der Waals surface area contributed by atoms with Gasteiger partial charge in [-0.1, -0.05) is 57.2 Å². The maximum absolute atomic E-state index is 12.7. The van der Waals surface area contributed by atoms with Crippen LogP contribution < -0.4 is 10.2 Å². The van der Waals surface area contributed by atoms with Crippen LogP contribution in [0.3, 0.4) is 0 Å². The van der Waals surface area contributed by atoms with E-state index in [9.17, 15) is 9.59 Å². The van der Waals surface area contributed by atoms with Gasteiger partial charge in [0.1, 0.15) is 0 Å². The lowest BCUT2D eigenvalue weighted by atomic mass is 9.87. The standard InChI is InChI=1S/C26H32N4O2S/c1-5-18-6-11-21-22(16-18)33-25(28-21)30-14-12-29(13-15-30)23(31)17-27-24(32)19-7-9-20(10-8-19)26(2,3)4/h6-11,16H,5,12-15,17H2,1-4H3,(H,27,32). The van der Waals surface area contributed by atoms with Gasteiger partial charge in [-0.05, 0) is 47.2 Å². The normalized spacial score (nSPS) is 14.5. The summed E-state index contributed by atoms with van der Waals surface area (Å²) in [6, 6.07) is 14.0. The van der Waals surface area contributed by atoms with Crippen molar-refractivity contribution in [2.24, 2.45) is 0 Å². The number of hydrogen-bond donors (Lipinski definition) is 1. The highest BCUT2D eigenvalue weighted by molar-refractivity contribution is 7.22. The van der Waals surface area contributed by atoms with Crippen LogP contribution in [0.15, 0.2) is 42.5 Å². The molecule has 0 radical (unpaired) electrons. The van der Waals surface area contributed by atoms with Gasteiger partial charge in [0.05, 0.1) is 16.8 Å². The maximum atomic E-state index is 12.7. The van der Waals surface area contributed by atoms with Gasteiger partial charge in [0.15, 0.2) is 5.13 Å². The van der Waals surface area contributed by atoms with Crippen molar-refractivity contribution in [2.75, 3.05) is 37.6 Å². The lowest BCUT2D eigenvalue weighted by molar-refractivity contribution is -0.130. The number of carbonyl (C=O) groups is 2. The van der Waals surface area contributed by atoms with Crippen LogP contribution in [0, 0.1) is 0 Å². The Balaban J connectivity index is 1.28. The minimum absolute atomic E-state index is 0.0147. The molecule has 1 aliphatic rings. The molecule has 0 bridgehead atoms. The molecule has 1 fully saturated rings. The van der Waals surface area contributed by atoms with E-state index in [0.717, 1.165) is 30.2 Å². The number of nitrogens with zero attached hydrogens (tertiary/aromatic N) is 3. The van der Waals surface area contributed by atoms with Crippen molar-refractivity contribution in [3.8, 4) is 0 Å².